The first-order valence-electron chi connectivity index (χ1n) is 34.5. The van der Waals surface area contributed by atoms with Crippen LogP contribution in [0.25, 0.3) is 0 Å². The summed E-state index contributed by atoms with van der Waals surface area (Å²) < 4.78 is 30.4. The van der Waals surface area contributed by atoms with Gasteiger partial charge >= 0.3 is 5.97 Å². The van der Waals surface area contributed by atoms with Gasteiger partial charge in [0.2, 0.25) is 5.91 Å². The van der Waals surface area contributed by atoms with Gasteiger partial charge in [-0.25, -0.2) is 0 Å². The third kappa shape index (κ3) is 64.5. The molecule has 85 heavy (non-hydrogen) atoms. The summed E-state index contributed by atoms with van der Waals surface area (Å²) >= 11 is 0. The molecule has 0 spiro atoms. The Balaban J connectivity index is 5.09. The van der Waals surface area contributed by atoms with E-state index in [1.165, 1.54) is 89.9 Å². The quantitative estimate of drug-likeness (QED) is 0.0212. The first-order valence-corrected chi connectivity index (χ1v) is 36.0. The smallest absolute Gasteiger partial charge is 0.306 e. The van der Waals surface area contributed by atoms with Crippen LogP contribution in [0.5, 0.6) is 0 Å². The fourth-order valence-corrected chi connectivity index (χ4v) is 10.1. The molecule has 0 radical (unpaired) electrons. The number of carbonyl (C=O) groups is 2. The SMILES string of the molecule is CC/C=C\C/C=C\C/C=C\C/C=C\C/C=C\CCCCCCCCCCCCCC(=O)OC(/C=C\CCCCCCCCCCC)C(COP(=O)([O-])OCC[N+](C)(C)C)NC(=O)CCCCCCC/C=C\C/C=C\C/C=C\C/C=C\C/C=C\CC. The van der Waals surface area contributed by atoms with Crippen molar-refractivity contribution in [3.8, 4) is 0 Å². The molecule has 0 aromatic carbocycles. The van der Waals surface area contributed by atoms with Crippen molar-refractivity contribution in [2.45, 2.75) is 290 Å². The van der Waals surface area contributed by atoms with Crippen LogP contribution in [0.15, 0.2) is 134 Å². The molecule has 9 nitrogen and oxygen atoms in total. The monoisotopic (exact) mass is 1200 g/mol. The number of phosphoric ester groups is 1. The number of quaternary nitrogens is 1. The van der Waals surface area contributed by atoms with Crippen molar-refractivity contribution in [1.29, 1.82) is 0 Å². The molecular weight excluding hydrogens is 1070 g/mol. The minimum Gasteiger partial charge on any atom is -0.756 e. The molecule has 0 heterocycles. The second kappa shape index (κ2) is 63.2. The predicted molar refractivity (Wildman–Crippen MR) is 366 cm³/mol. The maximum Gasteiger partial charge on any atom is 0.306 e. The number of nitrogens with zero attached hydrogens (tertiary/aromatic N) is 1. The summed E-state index contributed by atoms with van der Waals surface area (Å²) in [5.74, 6) is -0.572. The number of nitrogens with one attached hydrogen (secondary N) is 1. The number of phosphoric acid groups is 1. The molecule has 486 valence electrons. The molecule has 0 aliphatic carbocycles. The Morgan fingerprint density at radius 3 is 1.13 bits per heavy atom. The van der Waals surface area contributed by atoms with Crippen LogP contribution in [-0.4, -0.2) is 69.4 Å². The zero-order chi connectivity index (χ0) is 62.1. The van der Waals surface area contributed by atoms with Gasteiger partial charge in [-0.15, -0.1) is 0 Å². The van der Waals surface area contributed by atoms with Crippen molar-refractivity contribution in [2.75, 3.05) is 40.9 Å². The lowest BCUT2D eigenvalue weighted by atomic mass is 10.0. The van der Waals surface area contributed by atoms with E-state index in [1.54, 1.807) is 0 Å². The van der Waals surface area contributed by atoms with E-state index in [2.05, 4.69) is 148 Å². The summed E-state index contributed by atoms with van der Waals surface area (Å²) in [5.41, 5.74) is 0. The molecule has 3 unspecified atom stereocenters. The summed E-state index contributed by atoms with van der Waals surface area (Å²) in [5, 5.41) is 3.02. The van der Waals surface area contributed by atoms with E-state index in [0.29, 0.717) is 17.4 Å². The van der Waals surface area contributed by atoms with Gasteiger partial charge < -0.3 is 28.5 Å². The number of amides is 1. The minimum atomic E-state index is -4.72. The Labute approximate surface area is 524 Å². The lowest BCUT2D eigenvalue weighted by Gasteiger charge is -2.30. The minimum absolute atomic E-state index is 0.0336. The molecule has 0 aromatic rings. The average Bonchev–Trinajstić information content (AvgIpc) is 3.59. The van der Waals surface area contributed by atoms with Crippen molar-refractivity contribution in [1.82, 2.24) is 5.32 Å². The maximum atomic E-state index is 13.6. The number of unbranched alkanes of at least 4 members (excludes halogenated alkanes) is 25. The summed E-state index contributed by atoms with van der Waals surface area (Å²) in [6, 6.07) is -0.910. The van der Waals surface area contributed by atoms with Crippen LogP contribution in [0.4, 0.5) is 0 Å². The van der Waals surface area contributed by atoms with Gasteiger partial charge in [0, 0.05) is 12.8 Å². The second-order valence-corrected chi connectivity index (χ2v) is 25.3. The normalized spacial score (nSPS) is 14.4. The number of rotatable bonds is 61. The standard InChI is InChI=1S/C75H129N2O7P/c1-7-10-13-16-19-22-25-27-29-31-33-35-36-37-38-39-40-42-44-46-48-50-53-56-59-62-65-68-75(79)84-73(66-63-60-57-54-51-24-21-18-15-12-9-3)72(71-83-85(80,81)82-70-69-77(4,5)6)76-74(78)67-64-61-58-55-52-49-47-45-43-41-34-32-30-28-26-23-20-17-14-11-8-2/h10-11,13-14,19-20,22-23,27-30,33-35,37-38,41,45,47,63,66,72-73H,7-9,12,15-18,21,24-26,31-32,36,39-40,42-44,46,48-62,64-65,67-71H2,1-6H3,(H-,76,78,80,81)/b13-10-,14-11-,22-19-,23-20-,29-27-,30-28-,35-33-,38-37-,41-34-,47-45-,66-63-. The van der Waals surface area contributed by atoms with Gasteiger partial charge in [-0.3, -0.25) is 14.2 Å². The lowest BCUT2D eigenvalue weighted by Crippen LogP contribution is -2.47. The Hall–Kier alpha value is -3.85. The molecule has 10 heteroatoms. The third-order valence-electron chi connectivity index (χ3n) is 14.6. The number of esters is 1. The Bertz CT molecular complexity index is 1920. The summed E-state index contributed by atoms with van der Waals surface area (Å²) in [6.45, 7) is 6.59. The van der Waals surface area contributed by atoms with E-state index in [9.17, 15) is 19.0 Å². The van der Waals surface area contributed by atoms with Crippen LogP contribution in [-0.2, 0) is 27.9 Å². The predicted octanol–water partition coefficient (Wildman–Crippen LogP) is 21.4. The highest BCUT2D eigenvalue weighted by Gasteiger charge is 2.27. The van der Waals surface area contributed by atoms with Gasteiger partial charge in [0.25, 0.3) is 7.82 Å². The molecule has 0 aliphatic heterocycles. The van der Waals surface area contributed by atoms with Crippen LogP contribution in [0.2, 0.25) is 0 Å². The number of hydrogen-bond donors (Lipinski definition) is 1. The zero-order valence-corrected chi connectivity index (χ0v) is 56.4. The highest BCUT2D eigenvalue weighted by Crippen LogP contribution is 2.38. The van der Waals surface area contributed by atoms with Crippen LogP contribution in [0, 0.1) is 0 Å². The molecule has 3 atom stereocenters. The van der Waals surface area contributed by atoms with E-state index in [4.69, 9.17) is 13.8 Å². The van der Waals surface area contributed by atoms with Gasteiger partial charge in [-0.2, -0.15) is 0 Å². The van der Waals surface area contributed by atoms with Gasteiger partial charge in [0.1, 0.15) is 19.3 Å². The van der Waals surface area contributed by atoms with E-state index >= 15 is 0 Å². The number of hydrogen-bond acceptors (Lipinski definition) is 7. The van der Waals surface area contributed by atoms with Crippen LogP contribution < -0.4 is 10.2 Å². The molecule has 1 N–H and O–H groups in total. The van der Waals surface area contributed by atoms with Crippen molar-refractivity contribution < 1.29 is 37.3 Å². The maximum absolute atomic E-state index is 13.6. The van der Waals surface area contributed by atoms with Crippen molar-refractivity contribution >= 4 is 19.7 Å². The molecule has 0 aromatic heterocycles. The van der Waals surface area contributed by atoms with Gasteiger partial charge in [-0.1, -0.05) is 277 Å². The first-order chi connectivity index (χ1) is 41.4. The summed E-state index contributed by atoms with van der Waals surface area (Å²) in [4.78, 5) is 40.1. The molecule has 0 saturated heterocycles. The fourth-order valence-electron chi connectivity index (χ4n) is 9.34. The van der Waals surface area contributed by atoms with Crippen molar-refractivity contribution in [3.05, 3.63) is 134 Å². The average molecular weight is 1200 g/mol. The zero-order valence-electron chi connectivity index (χ0n) is 55.5. The molecule has 0 rings (SSSR count). The third-order valence-corrected chi connectivity index (χ3v) is 15.5. The molecule has 0 saturated carbocycles. The summed E-state index contributed by atoms with van der Waals surface area (Å²) in [6.07, 6.45) is 90.0. The lowest BCUT2D eigenvalue weighted by molar-refractivity contribution is -0.870. The van der Waals surface area contributed by atoms with E-state index in [1.807, 2.05) is 33.3 Å². The molecule has 0 fully saturated rings. The molecular formula is C75H129N2O7P. The van der Waals surface area contributed by atoms with Crippen LogP contribution in [0.3, 0.4) is 0 Å². The van der Waals surface area contributed by atoms with Gasteiger partial charge in [0.15, 0.2) is 0 Å². The summed E-state index contributed by atoms with van der Waals surface area (Å²) in [7, 11) is 1.15. The number of ether oxygens (including phenoxy) is 1. The highest BCUT2D eigenvalue weighted by atomic mass is 31.2. The fraction of sp³-hybridized carbons (Fsp3) is 0.680. The van der Waals surface area contributed by atoms with Crippen LogP contribution in [0.1, 0.15) is 278 Å². The van der Waals surface area contributed by atoms with E-state index < -0.39 is 26.6 Å². The van der Waals surface area contributed by atoms with Gasteiger partial charge in [0.05, 0.1) is 33.8 Å². The van der Waals surface area contributed by atoms with Crippen molar-refractivity contribution in [3.63, 3.8) is 0 Å². The number of allylic oxidation sites excluding steroid dienone is 21. The number of carbonyl (C=O) groups excluding carboxylic acids is 2. The van der Waals surface area contributed by atoms with Crippen LogP contribution >= 0.6 is 7.82 Å². The van der Waals surface area contributed by atoms with Gasteiger partial charge in [-0.05, 0) is 122 Å². The molecule has 1 amide bonds. The first kappa shape index (κ1) is 81.2. The Kier molecular flexibility index (Phi) is 60.3. The Morgan fingerprint density at radius 1 is 0.424 bits per heavy atom. The highest BCUT2D eigenvalue weighted by molar-refractivity contribution is 7.45. The van der Waals surface area contributed by atoms with E-state index in [0.717, 1.165) is 148 Å². The molecule has 0 aliphatic rings. The van der Waals surface area contributed by atoms with E-state index in [-0.39, 0.29) is 31.3 Å². The second-order valence-electron chi connectivity index (χ2n) is 23.9. The number of likely N-dealkylation sites (N-methyl/N-ethyl adjacent to an activating group) is 1. The topological polar surface area (TPSA) is 114 Å². The van der Waals surface area contributed by atoms with Crippen molar-refractivity contribution in [2.24, 2.45) is 0 Å². The largest absolute Gasteiger partial charge is 0.756 e. The Morgan fingerprint density at radius 2 is 0.753 bits per heavy atom. The molecule has 0 bridgehead atoms.